The van der Waals surface area contributed by atoms with Gasteiger partial charge in [0.15, 0.2) is 11.6 Å². The molecule has 4 heteroatoms. The summed E-state index contributed by atoms with van der Waals surface area (Å²) in [4.78, 5) is 2.54. The van der Waals surface area contributed by atoms with E-state index in [4.69, 9.17) is 4.74 Å². The largest absolute Gasteiger partial charge is 0.494 e. The van der Waals surface area contributed by atoms with Crippen molar-refractivity contribution in [1.82, 2.24) is 10.2 Å². The van der Waals surface area contributed by atoms with Gasteiger partial charge in [0.1, 0.15) is 0 Å². The third kappa shape index (κ3) is 4.42. The topological polar surface area (TPSA) is 24.5 Å². The molecule has 0 radical (unpaired) electrons. The van der Waals surface area contributed by atoms with E-state index in [9.17, 15) is 4.39 Å². The van der Waals surface area contributed by atoms with Crippen molar-refractivity contribution in [3.8, 4) is 5.75 Å². The van der Waals surface area contributed by atoms with E-state index in [1.54, 1.807) is 12.1 Å². The van der Waals surface area contributed by atoms with Crippen LogP contribution in [0.5, 0.6) is 5.75 Å². The maximum atomic E-state index is 13.7. The molecule has 1 heterocycles. The second-order valence-corrected chi connectivity index (χ2v) is 5.97. The second-order valence-electron chi connectivity index (χ2n) is 5.97. The average Bonchev–Trinajstić information content (AvgIpc) is 2.53. The van der Waals surface area contributed by atoms with Gasteiger partial charge in [-0.05, 0) is 57.5 Å². The summed E-state index contributed by atoms with van der Waals surface area (Å²) in [5.74, 6) is 0.000337. The molecule has 2 atom stereocenters. The average molecular weight is 294 g/mol. The maximum Gasteiger partial charge on any atom is 0.165 e. The normalized spacial score (nSPS) is 19.2. The van der Waals surface area contributed by atoms with Crippen LogP contribution in [0, 0.1) is 5.82 Å². The third-order valence-corrected chi connectivity index (χ3v) is 4.41. The molecular formula is C17H27FN2O. The monoisotopic (exact) mass is 294 g/mol. The van der Waals surface area contributed by atoms with Crippen LogP contribution in [0.4, 0.5) is 4.39 Å². The molecule has 0 bridgehead atoms. The minimum atomic E-state index is -0.298. The van der Waals surface area contributed by atoms with Gasteiger partial charge in [0.25, 0.3) is 0 Å². The van der Waals surface area contributed by atoms with Crippen LogP contribution >= 0.6 is 0 Å². The van der Waals surface area contributed by atoms with Gasteiger partial charge in [0, 0.05) is 18.6 Å². The summed E-state index contributed by atoms with van der Waals surface area (Å²) in [6.07, 6.45) is 3.98. The number of rotatable bonds is 6. The van der Waals surface area contributed by atoms with Crippen LogP contribution in [0.25, 0.3) is 0 Å². The molecule has 1 fully saturated rings. The molecule has 3 nitrogen and oxygen atoms in total. The fraction of sp³-hybridized carbons (Fsp3) is 0.647. The van der Waals surface area contributed by atoms with Crippen molar-refractivity contribution in [3.05, 3.63) is 29.6 Å². The summed E-state index contributed by atoms with van der Waals surface area (Å²) in [5.41, 5.74) is 0.958. The Bertz CT molecular complexity index is 446. The van der Waals surface area contributed by atoms with Crippen molar-refractivity contribution in [1.29, 1.82) is 0 Å². The predicted octanol–water partition coefficient (Wildman–Crippen LogP) is 3.36. The summed E-state index contributed by atoms with van der Waals surface area (Å²) in [5, 5.41) is 3.51. The van der Waals surface area contributed by atoms with E-state index < -0.39 is 0 Å². The van der Waals surface area contributed by atoms with Crippen molar-refractivity contribution in [3.63, 3.8) is 0 Å². The molecule has 0 aliphatic carbocycles. The van der Waals surface area contributed by atoms with Crippen molar-refractivity contribution in [2.45, 2.75) is 45.2 Å². The molecule has 1 aromatic rings. The zero-order valence-corrected chi connectivity index (χ0v) is 13.4. The Morgan fingerprint density at radius 1 is 1.24 bits per heavy atom. The molecule has 0 saturated carbocycles. The van der Waals surface area contributed by atoms with Crippen molar-refractivity contribution in [2.75, 3.05) is 26.7 Å². The standard InChI is InChI=1S/C17H27FN2O/c1-13(20-9-5-4-6-10-20)12-19-14(2)15-7-8-17(21-3)16(18)11-15/h7-8,11,13-14,19H,4-6,9-10,12H2,1-3H3. The molecule has 0 amide bonds. The van der Waals surface area contributed by atoms with E-state index >= 15 is 0 Å². The summed E-state index contributed by atoms with van der Waals surface area (Å²) < 4.78 is 18.7. The van der Waals surface area contributed by atoms with Gasteiger partial charge < -0.3 is 10.1 Å². The van der Waals surface area contributed by atoms with Crippen molar-refractivity contribution >= 4 is 0 Å². The first kappa shape index (κ1) is 16.2. The van der Waals surface area contributed by atoms with Crippen LogP contribution in [0.2, 0.25) is 0 Å². The Morgan fingerprint density at radius 2 is 1.95 bits per heavy atom. The first-order valence-electron chi connectivity index (χ1n) is 7.92. The first-order chi connectivity index (χ1) is 10.1. The highest BCUT2D eigenvalue weighted by Crippen LogP contribution is 2.22. The molecule has 118 valence electrons. The van der Waals surface area contributed by atoms with Crippen molar-refractivity contribution in [2.24, 2.45) is 0 Å². The fourth-order valence-corrected chi connectivity index (χ4v) is 2.91. The van der Waals surface area contributed by atoms with Gasteiger partial charge in [-0.2, -0.15) is 0 Å². The molecule has 1 aromatic carbocycles. The Balaban J connectivity index is 1.86. The highest BCUT2D eigenvalue weighted by Gasteiger charge is 2.17. The predicted molar refractivity (Wildman–Crippen MR) is 84.3 cm³/mol. The van der Waals surface area contributed by atoms with Gasteiger partial charge in [-0.25, -0.2) is 4.39 Å². The fourth-order valence-electron chi connectivity index (χ4n) is 2.91. The Labute approximate surface area is 127 Å². The van der Waals surface area contributed by atoms with Crippen LogP contribution in [-0.4, -0.2) is 37.7 Å². The number of ether oxygens (including phenoxy) is 1. The smallest absolute Gasteiger partial charge is 0.165 e. The molecule has 21 heavy (non-hydrogen) atoms. The lowest BCUT2D eigenvalue weighted by Crippen LogP contribution is -2.43. The van der Waals surface area contributed by atoms with Gasteiger partial charge in [0.2, 0.25) is 0 Å². The molecule has 1 aliphatic rings. The van der Waals surface area contributed by atoms with Gasteiger partial charge in [-0.1, -0.05) is 12.5 Å². The lowest BCUT2D eigenvalue weighted by molar-refractivity contribution is 0.168. The molecule has 1 aliphatic heterocycles. The number of hydrogen-bond donors (Lipinski definition) is 1. The van der Waals surface area contributed by atoms with E-state index in [0.29, 0.717) is 11.8 Å². The maximum absolute atomic E-state index is 13.7. The molecule has 2 unspecified atom stereocenters. The van der Waals surface area contributed by atoms with Crippen LogP contribution in [-0.2, 0) is 0 Å². The highest BCUT2D eigenvalue weighted by molar-refractivity contribution is 5.30. The number of hydrogen-bond acceptors (Lipinski definition) is 3. The van der Waals surface area contributed by atoms with Gasteiger partial charge in [-0.15, -0.1) is 0 Å². The second kappa shape index (κ2) is 7.76. The zero-order valence-electron chi connectivity index (χ0n) is 13.4. The van der Waals surface area contributed by atoms with Crippen LogP contribution in [0.1, 0.15) is 44.7 Å². The number of likely N-dealkylation sites (tertiary alicyclic amines) is 1. The molecule has 1 N–H and O–H groups in total. The molecule has 0 spiro atoms. The minimum absolute atomic E-state index is 0.137. The van der Waals surface area contributed by atoms with Crippen LogP contribution in [0.3, 0.4) is 0 Å². The number of methoxy groups -OCH3 is 1. The van der Waals surface area contributed by atoms with E-state index in [0.717, 1.165) is 12.1 Å². The Morgan fingerprint density at radius 3 is 2.57 bits per heavy atom. The van der Waals surface area contributed by atoms with Gasteiger partial charge in [0.05, 0.1) is 7.11 Å². The zero-order chi connectivity index (χ0) is 15.2. The van der Waals surface area contributed by atoms with Crippen LogP contribution in [0.15, 0.2) is 18.2 Å². The number of halogens is 1. The van der Waals surface area contributed by atoms with Crippen molar-refractivity contribution < 1.29 is 9.13 Å². The third-order valence-electron chi connectivity index (χ3n) is 4.41. The lowest BCUT2D eigenvalue weighted by atomic mass is 10.1. The number of nitrogens with zero attached hydrogens (tertiary/aromatic N) is 1. The Kier molecular flexibility index (Phi) is 6.00. The van der Waals surface area contributed by atoms with Crippen LogP contribution < -0.4 is 10.1 Å². The quantitative estimate of drug-likeness (QED) is 0.870. The lowest BCUT2D eigenvalue weighted by Gasteiger charge is -2.33. The van der Waals surface area contributed by atoms with E-state index in [1.165, 1.54) is 39.5 Å². The molecule has 2 rings (SSSR count). The van der Waals surface area contributed by atoms with E-state index in [2.05, 4.69) is 24.1 Å². The summed E-state index contributed by atoms with van der Waals surface area (Å²) in [7, 11) is 1.49. The highest BCUT2D eigenvalue weighted by atomic mass is 19.1. The van der Waals surface area contributed by atoms with Gasteiger partial charge >= 0.3 is 0 Å². The summed E-state index contributed by atoms with van der Waals surface area (Å²) >= 11 is 0. The minimum Gasteiger partial charge on any atom is -0.494 e. The molecular weight excluding hydrogens is 267 g/mol. The number of nitrogens with one attached hydrogen (secondary N) is 1. The summed E-state index contributed by atoms with van der Waals surface area (Å²) in [6, 6.07) is 5.83. The number of piperidine rings is 1. The SMILES string of the molecule is COc1ccc(C(C)NCC(C)N2CCCCC2)cc1F. The molecule has 1 saturated heterocycles. The summed E-state index contributed by atoms with van der Waals surface area (Å²) in [6.45, 7) is 7.67. The Hall–Kier alpha value is -1.13. The molecule has 0 aromatic heterocycles. The first-order valence-corrected chi connectivity index (χ1v) is 7.92. The number of benzene rings is 1. The van der Waals surface area contributed by atoms with Gasteiger partial charge in [-0.3, -0.25) is 4.90 Å². The van der Waals surface area contributed by atoms with E-state index in [-0.39, 0.29) is 11.9 Å². The van der Waals surface area contributed by atoms with E-state index in [1.807, 2.05) is 6.07 Å².